The second-order valence-electron chi connectivity index (χ2n) is 7.74. The van der Waals surface area contributed by atoms with Crippen LogP contribution in [-0.2, 0) is 16.3 Å². The number of carbonyl (C=O) groups excluding carboxylic acids is 1. The summed E-state index contributed by atoms with van der Waals surface area (Å²) >= 11 is 0. The van der Waals surface area contributed by atoms with Gasteiger partial charge in [0.25, 0.3) is 0 Å². The van der Waals surface area contributed by atoms with E-state index in [1.54, 1.807) is 59.5 Å². The summed E-state index contributed by atoms with van der Waals surface area (Å²) in [6, 6.07) is 15.2. The number of pyridine rings is 1. The van der Waals surface area contributed by atoms with Gasteiger partial charge < -0.3 is 4.40 Å². The van der Waals surface area contributed by atoms with Crippen molar-refractivity contribution in [3.8, 4) is 5.69 Å². The SMILES string of the molecule is O=C(CCc1ccc(S(=O)(=O)c2ccc(-n3cccn3)c(F)c2)cc1)c1ccc2nccn2c1. The van der Waals surface area contributed by atoms with E-state index in [0.717, 1.165) is 17.3 Å². The van der Waals surface area contributed by atoms with Crippen molar-refractivity contribution in [3.63, 3.8) is 0 Å². The predicted octanol–water partition coefficient (Wildman–Crippen LogP) is 4.31. The molecule has 5 rings (SSSR count). The van der Waals surface area contributed by atoms with Crippen molar-refractivity contribution in [1.29, 1.82) is 0 Å². The third-order valence-corrected chi connectivity index (χ3v) is 7.33. The van der Waals surface area contributed by atoms with Crippen LogP contribution in [0.5, 0.6) is 0 Å². The fraction of sp³-hybridized carbons (Fsp3) is 0.0800. The fourth-order valence-electron chi connectivity index (χ4n) is 3.71. The highest BCUT2D eigenvalue weighted by Gasteiger charge is 2.20. The maximum absolute atomic E-state index is 14.5. The Morgan fingerprint density at radius 2 is 1.74 bits per heavy atom. The number of sulfone groups is 1. The van der Waals surface area contributed by atoms with Crippen LogP contribution in [0.3, 0.4) is 0 Å². The number of imidazole rings is 1. The Morgan fingerprint density at radius 3 is 2.47 bits per heavy atom. The molecule has 3 heterocycles. The van der Waals surface area contributed by atoms with Crippen molar-refractivity contribution >= 4 is 21.3 Å². The highest BCUT2D eigenvalue weighted by Crippen LogP contribution is 2.25. The molecule has 0 bridgehead atoms. The lowest BCUT2D eigenvalue weighted by Crippen LogP contribution is -2.06. The first-order chi connectivity index (χ1) is 16.4. The van der Waals surface area contributed by atoms with Gasteiger partial charge in [0, 0.05) is 43.0 Å². The minimum absolute atomic E-state index is 0.0138. The average Bonchev–Trinajstić information content (AvgIpc) is 3.54. The van der Waals surface area contributed by atoms with E-state index in [9.17, 15) is 17.6 Å². The number of aryl methyl sites for hydroxylation is 1. The average molecular weight is 475 g/mol. The monoisotopic (exact) mass is 474 g/mol. The van der Waals surface area contributed by atoms with Crippen LogP contribution >= 0.6 is 0 Å². The van der Waals surface area contributed by atoms with Gasteiger partial charge in [-0.05, 0) is 60.5 Å². The molecule has 0 spiro atoms. The normalized spacial score (nSPS) is 11.7. The van der Waals surface area contributed by atoms with Gasteiger partial charge in [0.05, 0.1) is 9.79 Å². The standard InChI is InChI=1S/C25H19FN4O3S/c26-22-16-21(8-9-23(22)30-14-1-12-28-30)34(32,33)20-6-2-18(3-7-20)4-10-24(31)19-5-11-25-27-13-15-29(25)17-19/h1-3,5-9,11-17H,4,10H2. The quantitative estimate of drug-likeness (QED) is 0.328. The van der Waals surface area contributed by atoms with Gasteiger partial charge in [-0.2, -0.15) is 5.10 Å². The molecule has 3 aromatic heterocycles. The Kier molecular flexibility index (Phi) is 5.54. The fourth-order valence-corrected chi connectivity index (χ4v) is 4.98. The van der Waals surface area contributed by atoms with E-state index in [1.807, 2.05) is 0 Å². The third kappa shape index (κ3) is 4.13. The summed E-state index contributed by atoms with van der Waals surface area (Å²) in [6.45, 7) is 0. The van der Waals surface area contributed by atoms with Crippen LogP contribution in [0.25, 0.3) is 11.3 Å². The van der Waals surface area contributed by atoms with Crippen LogP contribution in [0.2, 0.25) is 0 Å². The molecule has 0 atom stereocenters. The Balaban J connectivity index is 1.29. The van der Waals surface area contributed by atoms with Gasteiger partial charge >= 0.3 is 0 Å². The maximum Gasteiger partial charge on any atom is 0.206 e. The molecular formula is C25H19FN4O3S. The summed E-state index contributed by atoms with van der Waals surface area (Å²) in [5, 5.41) is 3.97. The lowest BCUT2D eigenvalue weighted by molar-refractivity contribution is 0.0982. The number of ketones is 1. The van der Waals surface area contributed by atoms with Gasteiger partial charge in [-0.3, -0.25) is 4.79 Å². The second kappa shape index (κ2) is 8.68. The third-order valence-electron chi connectivity index (χ3n) is 5.57. The highest BCUT2D eigenvalue weighted by molar-refractivity contribution is 7.91. The molecule has 5 aromatic rings. The van der Waals surface area contributed by atoms with Crippen LogP contribution in [0.1, 0.15) is 22.3 Å². The van der Waals surface area contributed by atoms with E-state index in [2.05, 4.69) is 10.1 Å². The molecule has 0 unspecified atom stereocenters. The number of benzene rings is 2. The van der Waals surface area contributed by atoms with Gasteiger partial charge in [-0.15, -0.1) is 0 Å². The summed E-state index contributed by atoms with van der Waals surface area (Å²) in [6.07, 6.45) is 9.03. The molecular weight excluding hydrogens is 455 g/mol. The van der Waals surface area contributed by atoms with Crippen LogP contribution in [0.15, 0.2) is 101 Å². The van der Waals surface area contributed by atoms with Crippen molar-refractivity contribution in [1.82, 2.24) is 19.2 Å². The smallest absolute Gasteiger partial charge is 0.206 e. The van der Waals surface area contributed by atoms with E-state index >= 15 is 0 Å². The van der Waals surface area contributed by atoms with E-state index < -0.39 is 15.7 Å². The van der Waals surface area contributed by atoms with Gasteiger partial charge in [0.1, 0.15) is 17.2 Å². The molecule has 0 N–H and O–H groups in total. The number of halogens is 1. The molecule has 0 aliphatic heterocycles. The Hall–Kier alpha value is -4.11. The molecule has 9 heteroatoms. The molecule has 0 saturated carbocycles. The molecule has 0 aliphatic carbocycles. The van der Waals surface area contributed by atoms with Crippen LogP contribution in [-0.4, -0.2) is 33.4 Å². The molecule has 0 amide bonds. The van der Waals surface area contributed by atoms with Crippen molar-refractivity contribution in [2.45, 2.75) is 22.6 Å². The van der Waals surface area contributed by atoms with E-state index in [0.29, 0.717) is 12.0 Å². The molecule has 0 radical (unpaired) electrons. The number of hydrogen-bond donors (Lipinski definition) is 0. The molecule has 0 fully saturated rings. The second-order valence-corrected chi connectivity index (χ2v) is 9.69. The molecule has 0 aliphatic rings. The summed E-state index contributed by atoms with van der Waals surface area (Å²) in [7, 11) is -3.90. The first-order valence-electron chi connectivity index (χ1n) is 10.5. The number of carbonyl (C=O) groups is 1. The number of aromatic nitrogens is 4. The van der Waals surface area contributed by atoms with Crippen molar-refractivity contribution < 1.29 is 17.6 Å². The summed E-state index contributed by atoms with van der Waals surface area (Å²) in [5.41, 5.74) is 2.35. The minimum atomic E-state index is -3.90. The first-order valence-corrected chi connectivity index (χ1v) is 12.0. The lowest BCUT2D eigenvalue weighted by Gasteiger charge is -2.09. The molecule has 34 heavy (non-hydrogen) atoms. The highest BCUT2D eigenvalue weighted by atomic mass is 32.2. The summed E-state index contributed by atoms with van der Waals surface area (Å²) < 4.78 is 43.6. The minimum Gasteiger partial charge on any atom is -0.306 e. The largest absolute Gasteiger partial charge is 0.306 e. The van der Waals surface area contributed by atoms with Gasteiger partial charge in [-0.25, -0.2) is 22.5 Å². The molecule has 2 aromatic carbocycles. The van der Waals surface area contributed by atoms with Gasteiger partial charge in [0.15, 0.2) is 5.78 Å². The van der Waals surface area contributed by atoms with Gasteiger partial charge in [0.2, 0.25) is 9.84 Å². The Labute approximate surface area is 195 Å². The number of rotatable bonds is 7. The van der Waals surface area contributed by atoms with Crippen molar-refractivity contribution in [3.05, 3.63) is 109 Å². The Morgan fingerprint density at radius 1 is 0.941 bits per heavy atom. The van der Waals surface area contributed by atoms with E-state index in [1.165, 1.54) is 35.1 Å². The number of nitrogens with zero attached hydrogens (tertiary/aromatic N) is 4. The zero-order chi connectivity index (χ0) is 23.7. The van der Waals surface area contributed by atoms with Crippen molar-refractivity contribution in [2.24, 2.45) is 0 Å². The zero-order valence-corrected chi connectivity index (χ0v) is 18.7. The molecule has 170 valence electrons. The summed E-state index contributed by atoms with van der Waals surface area (Å²) in [5.74, 6) is -0.700. The maximum atomic E-state index is 14.5. The topological polar surface area (TPSA) is 86.3 Å². The molecule has 7 nitrogen and oxygen atoms in total. The number of hydrogen-bond acceptors (Lipinski definition) is 5. The van der Waals surface area contributed by atoms with Gasteiger partial charge in [-0.1, -0.05) is 12.1 Å². The van der Waals surface area contributed by atoms with Crippen LogP contribution < -0.4 is 0 Å². The van der Waals surface area contributed by atoms with E-state index in [4.69, 9.17) is 0 Å². The van der Waals surface area contributed by atoms with E-state index in [-0.39, 0.29) is 27.7 Å². The van der Waals surface area contributed by atoms with Crippen LogP contribution in [0.4, 0.5) is 4.39 Å². The number of Topliss-reactive ketones (excluding diaryl/α,β-unsaturated/α-hetero) is 1. The lowest BCUT2D eigenvalue weighted by atomic mass is 10.0. The molecule has 0 saturated heterocycles. The van der Waals surface area contributed by atoms with Crippen molar-refractivity contribution in [2.75, 3.05) is 0 Å². The number of fused-ring (bicyclic) bond motifs is 1. The summed E-state index contributed by atoms with van der Waals surface area (Å²) in [4.78, 5) is 16.6. The Bertz CT molecular complexity index is 1590. The zero-order valence-electron chi connectivity index (χ0n) is 17.9. The predicted molar refractivity (Wildman–Crippen MR) is 123 cm³/mol. The van der Waals surface area contributed by atoms with Crippen LogP contribution in [0, 0.1) is 5.82 Å². The first kappa shape index (κ1) is 21.7.